The van der Waals surface area contributed by atoms with E-state index in [1.54, 1.807) is 0 Å². The molecule has 6 heteroatoms. The number of nitrogens with zero attached hydrogens (tertiary/aromatic N) is 5. The first-order valence-corrected chi connectivity index (χ1v) is 19.1. The van der Waals surface area contributed by atoms with Crippen molar-refractivity contribution in [3.05, 3.63) is 188 Å². The number of rotatable bonds is 5. The predicted molar refractivity (Wildman–Crippen MR) is 232 cm³/mol. The van der Waals surface area contributed by atoms with Gasteiger partial charge >= 0.3 is 0 Å². The average Bonchev–Trinajstić information content (AvgIpc) is 3.93. The van der Waals surface area contributed by atoms with Gasteiger partial charge in [0.15, 0.2) is 17.5 Å². The van der Waals surface area contributed by atoms with Crippen LogP contribution in [0.3, 0.4) is 0 Å². The highest BCUT2D eigenvalue weighted by molar-refractivity contribution is 6.21. The highest BCUT2D eigenvalue weighted by Gasteiger charge is 2.23. The molecular weight excluding hydrogens is 699 g/mol. The second kappa shape index (κ2) is 12.3. The van der Waals surface area contributed by atoms with Crippen molar-refractivity contribution in [1.82, 2.24) is 24.1 Å². The molecule has 0 N–H and O–H groups in total. The molecule has 0 aliphatic carbocycles. The van der Waals surface area contributed by atoms with Crippen LogP contribution in [0.25, 0.3) is 111 Å². The molecule has 0 bridgehead atoms. The fourth-order valence-corrected chi connectivity index (χ4v) is 8.69. The third-order valence-electron chi connectivity index (χ3n) is 11.2. The maximum atomic E-state index is 6.77. The number of hydrogen-bond acceptors (Lipinski definition) is 4. The van der Waals surface area contributed by atoms with Gasteiger partial charge in [0.1, 0.15) is 11.2 Å². The Kier molecular flexibility index (Phi) is 6.83. The quantitative estimate of drug-likeness (QED) is 0.177. The lowest BCUT2D eigenvalue weighted by molar-refractivity contribution is 0.669. The van der Waals surface area contributed by atoms with Crippen LogP contribution in [0.15, 0.2) is 192 Å². The van der Waals surface area contributed by atoms with Crippen LogP contribution in [0.1, 0.15) is 0 Å². The van der Waals surface area contributed by atoms with Crippen LogP contribution >= 0.6 is 0 Å². The summed E-state index contributed by atoms with van der Waals surface area (Å²) in [5, 5.41) is 6.72. The Bertz CT molecular complexity index is 3400. The van der Waals surface area contributed by atoms with Crippen LogP contribution in [0, 0.1) is 0 Å². The fourth-order valence-electron chi connectivity index (χ4n) is 8.69. The first-order chi connectivity index (χ1) is 28.3. The Hall–Kier alpha value is -7.83. The molecule has 0 aliphatic heterocycles. The monoisotopic (exact) mass is 729 g/mol. The molecule has 0 atom stereocenters. The van der Waals surface area contributed by atoms with Gasteiger partial charge in [0, 0.05) is 60.8 Å². The molecule has 0 saturated carbocycles. The van der Waals surface area contributed by atoms with E-state index >= 15 is 0 Å². The van der Waals surface area contributed by atoms with E-state index in [0.717, 1.165) is 71.8 Å². The molecule has 266 valence electrons. The Morgan fingerprint density at radius 3 is 1.60 bits per heavy atom. The minimum Gasteiger partial charge on any atom is -0.456 e. The summed E-state index contributed by atoms with van der Waals surface area (Å²) in [6.45, 7) is 0. The van der Waals surface area contributed by atoms with Crippen molar-refractivity contribution in [2.24, 2.45) is 0 Å². The lowest BCUT2D eigenvalue weighted by Gasteiger charge is -2.14. The van der Waals surface area contributed by atoms with Gasteiger partial charge in [-0.1, -0.05) is 140 Å². The van der Waals surface area contributed by atoms with Crippen LogP contribution in [0.5, 0.6) is 0 Å². The van der Waals surface area contributed by atoms with Crippen molar-refractivity contribution in [3.63, 3.8) is 0 Å². The third kappa shape index (κ3) is 4.81. The largest absolute Gasteiger partial charge is 0.456 e. The van der Waals surface area contributed by atoms with Crippen LogP contribution in [0.4, 0.5) is 0 Å². The second-order valence-corrected chi connectivity index (χ2v) is 14.4. The zero-order chi connectivity index (χ0) is 37.5. The molecule has 12 rings (SSSR count). The van der Waals surface area contributed by atoms with Crippen molar-refractivity contribution in [3.8, 4) is 45.5 Å². The van der Waals surface area contributed by atoms with E-state index in [9.17, 15) is 0 Å². The zero-order valence-corrected chi connectivity index (χ0v) is 30.5. The molecule has 0 unspecified atom stereocenters. The Morgan fingerprint density at radius 2 is 0.930 bits per heavy atom. The molecular formula is C51H31N5O. The lowest BCUT2D eigenvalue weighted by atomic mass is 10.0. The SMILES string of the molecule is c1ccc(-c2nc(-c3ccccc3)nc(-c3cccc4oc5cc6c(cc5c34)c3cccc(-n4c5ccccc5c5ccccc54)c3n6-c3ccccc3)n2)cc1. The van der Waals surface area contributed by atoms with Gasteiger partial charge in [-0.2, -0.15) is 0 Å². The number of benzene rings is 8. The summed E-state index contributed by atoms with van der Waals surface area (Å²) in [7, 11) is 0. The summed E-state index contributed by atoms with van der Waals surface area (Å²) in [4.78, 5) is 15.2. The highest BCUT2D eigenvalue weighted by Crippen LogP contribution is 2.44. The van der Waals surface area contributed by atoms with Crippen LogP contribution in [0.2, 0.25) is 0 Å². The van der Waals surface area contributed by atoms with Crippen molar-refractivity contribution in [2.75, 3.05) is 0 Å². The van der Waals surface area contributed by atoms with Gasteiger partial charge in [0.25, 0.3) is 0 Å². The van der Waals surface area contributed by atoms with Gasteiger partial charge in [0.2, 0.25) is 0 Å². The average molecular weight is 730 g/mol. The molecule has 12 aromatic rings. The second-order valence-electron chi connectivity index (χ2n) is 14.4. The fraction of sp³-hybridized carbons (Fsp3) is 0. The Labute approximate surface area is 326 Å². The number of furan rings is 1. The standard InChI is InChI=1S/C51H31N5O/c1-4-16-32(17-5-1)49-52-50(33-18-6-2-7-19-33)54-51(53-49)38-25-15-29-45-47(38)40-30-39-37-24-14-28-43(56-41-26-12-10-22-35(41)36-23-11-13-27-42(36)56)48(37)55(34-20-8-3-9-21-34)44(39)31-46(40)57-45/h1-31H. The smallest absolute Gasteiger partial charge is 0.164 e. The molecule has 0 radical (unpaired) electrons. The Balaban J connectivity index is 1.16. The zero-order valence-electron chi connectivity index (χ0n) is 30.5. The predicted octanol–water partition coefficient (Wildman–Crippen LogP) is 13.0. The highest BCUT2D eigenvalue weighted by atomic mass is 16.3. The minimum atomic E-state index is 0.594. The van der Waals surface area contributed by atoms with E-state index < -0.39 is 0 Å². The number of fused-ring (bicyclic) bond motifs is 9. The lowest BCUT2D eigenvalue weighted by Crippen LogP contribution is -2.00. The van der Waals surface area contributed by atoms with Gasteiger partial charge in [-0.3, -0.25) is 0 Å². The first-order valence-electron chi connectivity index (χ1n) is 19.1. The van der Waals surface area contributed by atoms with E-state index in [1.165, 1.54) is 21.8 Å². The van der Waals surface area contributed by atoms with Gasteiger partial charge in [-0.05, 0) is 42.5 Å². The molecule has 0 amide bonds. The van der Waals surface area contributed by atoms with Gasteiger partial charge < -0.3 is 13.6 Å². The summed E-state index contributed by atoms with van der Waals surface area (Å²) in [6.07, 6.45) is 0. The minimum absolute atomic E-state index is 0.594. The molecule has 6 nitrogen and oxygen atoms in total. The summed E-state index contributed by atoms with van der Waals surface area (Å²) >= 11 is 0. The maximum absolute atomic E-state index is 6.77. The third-order valence-corrected chi connectivity index (χ3v) is 11.2. The van der Waals surface area contributed by atoms with Crippen LogP contribution < -0.4 is 0 Å². The topological polar surface area (TPSA) is 61.7 Å². The number of aromatic nitrogens is 5. The van der Waals surface area contributed by atoms with E-state index in [2.05, 4.69) is 124 Å². The van der Waals surface area contributed by atoms with Crippen molar-refractivity contribution in [1.29, 1.82) is 0 Å². The molecule has 0 saturated heterocycles. The summed E-state index contributed by atoms with van der Waals surface area (Å²) in [6, 6.07) is 65.5. The van der Waals surface area contributed by atoms with E-state index in [-0.39, 0.29) is 0 Å². The molecule has 4 aromatic heterocycles. The Morgan fingerprint density at radius 1 is 0.368 bits per heavy atom. The van der Waals surface area contributed by atoms with Crippen molar-refractivity contribution >= 4 is 65.6 Å². The van der Waals surface area contributed by atoms with Crippen LogP contribution in [-0.2, 0) is 0 Å². The maximum Gasteiger partial charge on any atom is 0.164 e. The summed E-state index contributed by atoms with van der Waals surface area (Å²) < 4.78 is 11.6. The number of hydrogen-bond donors (Lipinski definition) is 0. The van der Waals surface area contributed by atoms with E-state index in [0.29, 0.717) is 17.5 Å². The summed E-state index contributed by atoms with van der Waals surface area (Å²) in [5.41, 5.74) is 11.0. The van der Waals surface area contributed by atoms with Crippen molar-refractivity contribution < 1.29 is 4.42 Å². The van der Waals surface area contributed by atoms with Gasteiger partial charge in [0.05, 0.1) is 27.8 Å². The van der Waals surface area contributed by atoms with Gasteiger partial charge in [-0.15, -0.1) is 0 Å². The molecule has 0 fully saturated rings. The van der Waals surface area contributed by atoms with Crippen LogP contribution in [-0.4, -0.2) is 24.1 Å². The molecule has 0 aliphatic rings. The first kappa shape index (κ1) is 31.5. The molecule has 0 spiro atoms. The van der Waals surface area contributed by atoms with E-state index in [4.69, 9.17) is 19.4 Å². The molecule has 4 heterocycles. The number of para-hydroxylation sites is 4. The normalized spacial score (nSPS) is 11.9. The van der Waals surface area contributed by atoms with Gasteiger partial charge in [-0.25, -0.2) is 15.0 Å². The molecule has 8 aromatic carbocycles. The summed E-state index contributed by atoms with van der Waals surface area (Å²) in [5.74, 6) is 1.84. The van der Waals surface area contributed by atoms with Crippen molar-refractivity contribution in [2.45, 2.75) is 0 Å². The molecule has 57 heavy (non-hydrogen) atoms. The van der Waals surface area contributed by atoms with E-state index in [1.807, 2.05) is 72.8 Å².